The van der Waals surface area contributed by atoms with Crippen molar-refractivity contribution in [2.45, 2.75) is 44.4 Å². The number of nitrogens with one attached hydrogen (secondary N) is 1. The van der Waals surface area contributed by atoms with Crippen molar-refractivity contribution >= 4 is 6.09 Å². The van der Waals surface area contributed by atoms with Crippen LogP contribution in [0.1, 0.15) is 37.4 Å². The zero-order valence-corrected chi connectivity index (χ0v) is 19.0. The van der Waals surface area contributed by atoms with Crippen LogP contribution in [-0.4, -0.2) is 46.7 Å². The van der Waals surface area contributed by atoms with Gasteiger partial charge in [0.05, 0.1) is 33.5 Å². The molecule has 8 heteroatoms. The first-order valence-electron chi connectivity index (χ1n) is 10.9. The number of unbranched alkanes of at least 4 members (excludes halogenated alkanes) is 1. The Morgan fingerprint density at radius 3 is 2.41 bits per heavy atom. The van der Waals surface area contributed by atoms with E-state index in [4.69, 9.17) is 23.7 Å². The van der Waals surface area contributed by atoms with Crippen molar-refractivity contribution in [3.63, 3.8) is 0 Å². The van der Waals surface area contributed by atoms with Gasteiger partial charge >= 0.3 is 6.09 Å². The maximum atomic E-state index is 12.0. The first-order chi connectivity index (χ1) is 15.6. The van der Waals surface area contributed by atoms with E-state index in [2.05, 4.69) is 9.88 Å². The number of hydrogen-bond donors (Lipinski definition) is 1. The molecule has 2 unspecified atom stereocenters. The SMILES string of the molecule is COc1cc(C2CCC(COC(=O)NCCCC[n+]3ccccc3)O2)cc(OC)c1OC. The third-order valence-electron chi connectivity index (χ3n) is 5.46. The Hall–Kier alpha value is -3.00. The fourth-order valence-electron chi connectivity index (χ4n) is 3.77. The molecule has 8 nitrogen and oxygen atoms in total. The normalized spacial score (nSPS) is 17.6. The van der Waals surface area contributed by atoms with E-state index in [1.165, 1.54) is 0 Å². The lowest BCUT2D eigenvalue weighted by Crippen LogP contribution is -2.33. The van der Waals surface area contributed by atoms with Crippen molar-refractivity contribution in [3.8, 4) is 17.2 Å². The summed E-state index contributed by atoms with van der Waals surface area (Å²) in [5.74, 6) is 1.74. The van der Waals surface area contributed by atoms with Crippen molar-refractivity contribution < 1.29 is 33.0 Å². The summed E-state index contributed by atoms with van der Waals surface area (Å²) >= 11 is 0. The quantitative estimate of drug-likeness (QED) is 0.422. The Labute approximate surface area is 189 Å². The third-order valence-corrected chi connectivity index (χ3v) is 5.46. The molecule has 0 radical (unpaired) electrons. The lowest BCUT2D eigenvalue weighted by Gasteiger charge is -2.18. The van der Waals surface area contributed by atoms with Crippen LogP contribution in [0.2, 0.25) is 0 Å². The molecule has 1 aromatic heterocycles. The summed E-state index contributed by atoms with van der Waals surface area (Å²) in [4.78, 5) is 12.0. The molecule has 0 aliphatic carbocycles. The molecule has 32 heavy (non-hydrogen) atoms. The average molecular weight is 446 g/mol. The number of hydrogen-bond acceptors (Lipinski definition) is 6. The second-order valence-electron chi connectivity index (χ2n) is 7.63. The van der Waals surface area contributed by atoms with Gasteiger partial charge in [0, 0.05) is 25.1 Å². The Bertz CT molecular complexity index is 836. The van der Waals surface area contributed by atoms with Gasteiger partial charge in [-0.05, 0) is 37.0 Å². The van der Waals surface area contributed by atoms with Crippen LogP contribution in [0.3, 0.4) is 0 Å². The molecule has 2 heterocycles. The van der Waals surface area contributed by atoms with E-state index < -0.39 is 6.09 Å². The first-order valence-corrected chi connectivity index (χ1v) is 10.9. The van der Waals surface area contributed by atoms with Gasteiger partial charge in [0.2, 0.25) is 5.75 Å². The van der Waals surface area contributed by atoms with Gasteiger partial charge < -0.3 is 29.0 Å². The number of aromatic nitrogens is 1. The molecule has 2 aromatic rings. The van der Waals surface area contributed by atoms with E-state index in [0.717, 1.165) is 37.8 Å². The molecule has 1 aromatic carbocycles. The molecule has 1 saturated heterocycles. The Balaban J connectivity index is 1.38. The van der Waals surface area contributed by atoms with Crippen LogP contribution in [-0.2, 0) is 16.0 Å². The van der Waals surface area contributed by atoms with Crippen molar-refractivity contribution in [1.29, 1.82) is 0 Å². The highest BCUT2D eigenvalue weighted by molar-refractivity contribution is 5.67. The summed E-state index contributed by atoms with van der Waals surface area (Å²) in [6.45, 7) is 1.74. The molecule has 1 amide bonds. The maximum Gasteiger partial charge on any atom is 0.407 e. The molecule has 2 atom stereocenters. The van der Waals surface area contributed by atoms with E-state index in [9.17, 15) is 4.79 Å². The van der Waals surface area contributed by atoms with E-state index >= 15 is 0 Å². The van der Waals surface area contributed by atoms with E-state index in [1.807, 2.05) is 42.7 Å². The summed E-state index contributed by atoms with van der Waals surface area (Å²) in [7, 11) is 4.76. The third kappa shape index (κ3) is 6.50. The number of rotatable bonds is 11. The van der Waals surface area contributed by atoms with Gasteiger partial charge in [-0.15, -0.1) is 0 Å². The molecule has 1 aliphatic rings. The van der Waals surface area contributed by atoms with Crippen LogP contribution in [0.15, 0.2) is 42.7 Å². The fraction of sp³-hybridized carbons (Fsp3) is 0.500. The zero-order chi connectivity index (χ0) is 22.8. The van der Waals surface area contributed by atoms with E-state index in [0.29, 0.717) is 23.8 Å². The highest BCUT2D eigenvalue weighted by Crippen LogP contribution is 2.43. The largest absolute Gasteiger partial charge is 0.493 e. The Morgan fingerprint density at radius 1 is 1.03 bits per heavy atom. The predicted molar refractivity (Wildman–Crippen MR) is 118 cm³/mol. The average Bonchev–Trinajstić information content (AvgIpc) is 3.31. The van der Waals surface area contributed by atoms with Crippen LogP contribution in [0.25, 0.3) is 0 Å². The molecule has 3 rings (SSSR count). The lowest BCUT2D eigenvalue weighted by atomic mass is 10.0. The molecule has 0 spiro atoms. The van der Waals surface area contributed by atoms with Gasteiger partial charge in [-0.1, -0.05) is 6.07 Å². The first kappa shape index (κ1) is 23.7. The molecule has 1 fully saturated rings. The van der Waals surface area contributed by atoms with E-state index in [-0.39, 0.29) is 18.8 Å². The molecule has 1 N–H and O–H groups in total. The predicted octanol–water partition coefficient (Wildman–Crippen LogP) is 3.43. The monoisotopic (exact) mass is 445 g/mol. The number of pyridine rings is 1. The molecular formula is C24H33N2O6+. The lowest BCUT2D eigenvalue weighted by molar-refractivity contribution is -0.697. The second-order valence-corrected chi connectivity index (χ2v) is 7.63. The van der Waals surface area contributed by atoms with Crippen LogP contribution in [0.5, 0.6) is 17.2 Å². The maximum absolute atomic E-state index is 12.0. The zero-order valence-electron chi connectivity index (χ0n) is 19.0. The second kappa shape index (κ2) is 12.1. The minimum Gasteiger partial charge on any atom is -0.493 e. The van der Waals surface area contributed by atoms with Crippen LogP contribution in [0, 0.1) is 0 Å². The molecule has 0 bridgehead atoms. The Morgan fingerprint density at radius 2 is 1.75 bits per heavy atom. The summed E-state index contributed by atoms with van der Waals surface area (Å²) in [5.41, 5.74) is 0.947. The van der Waals surface area contributed by atoms with Gasteiger partial charge in [-0.2, -0.15) is 0 Å². The van der Waals surface area contributed by atoms with Crippen molar-refractivity contribution in [3.05, 3.63) is 48.3 Å². The van der Waals surface area contributed by atoms with Crippen LogP contribution in [0.4, 0.5) is 4.79 Å². The van der Waals surface area contributed by atoms with Crippen LogP contribution >= 0.6 is 0 Å². The summed E-state index contributed by atoms with van der Waals surface area (Å²) in [5, 5.41) is 2.81. The smallest absolute Gasteiger partial charge is 0.407 e. The summed E-state index contributed by atoms with van der Waals surface area (Å²) < 4.78 is 29.8. The summed E-state index contributed by atoms with van der Waals surface area (Å²) in [6, 6.07) is 9.81. The van der Waals surface area contributed by atoms with Gasteiger partial charge in [0.25, 0.3) is 0 Å². The number of methoxy groups -OCH3 is 3. The number of carbonyl (C=O) groups excluding carboxylic acids is 1. The topological polar surface area (TPSA) is 79.1 Å². The number of alkyl carbamates (subject to hydrolysis) is 1. The number of amides is 1. The van der Waals surface area contributed by atoms with Crippen LogP contribution < -0.4 is 24.1 Å². The highest BCUT2D eigenvalue weighted by atomic mass is 16.6. The number of ether oxygens (including phenoxy) is 5. The van der Waals surface area contributed by atoms with Crippen molar-refractivity contribution in [2.75, 3.05) is 34.5 Å². The van der Waals surface area contributed by atoms with Gasteiger partial charge in [-0.3, -0.25) is 0 Å². The number of benzene rings is 1. The molecule has 1 aliphatic heterocycles. The fourth-order valence-corrected chi connectivity index (χ4v) is 3.77. The number of carbonyl (C=O) groups is 1. The minimum atomic E-state index is -0.405. The summed E-state index contributed by atoms with van der Waals surface area (Å²) in [6.07, 6.45) is 6.92. The van der Waals surface area contributed by atoms with Crippen molar-refractivity contribution in [2.24, 2.45) is 0 Å². The Kier molecular flexibility index (Phi) is 8.98. The van der Waals surface area contributed by atoms with Gasteiger partial charge in [0.15, 0.2) is 23.9 Å². The molecule has 174 valence electrons. The van der Waals surface area contributed by atoms with Crippen molar-refractivity contribution in [1.82, 2.24) is 5.32 Å². The minimum absolute atomic E-state index is 0.115. The molecular weight excluding hydrogens is 412 g/mol. The number of aryl methyl sites for hydroxylation is 1. The molecule has 0 saturated carbocycles. The number of nitrogens with zero attached hydrogens (tertiary/aromatic N) is 1. The van der Waals surface area contributed by atoms with E-state index in [1.54, 1.807) is 21.3 Å². The highest BCUT2D eigenvalue weighted by Gasteiger charge is 2.29. The van der Waals surface area contributed by atoms with Gasteiger partial charge in [0.1, 0.15) is 13.2 Å². The van der Waals surface area contributed by atoms with Gasteiger partial charge in [-0.25, -0.2) is 9.36 Å². The standard InChI is InChI=1S/C24H32N2O6/c1-28-21-15-18(16-22(29-2)23(21)30-3)20-10-9-19(32-20)17-31-24(27)25-11-5-8-14-26-12-6-4-7-13-26/h4,6-7,12-13,15-16,19-20H,5,8-11,14,17H2,1-3H3/p+1.